The highest BCUT2D eigenvalue weighted by molar-refractivity contribution is 8.01. The van der Waals surface area contributed by atoms with Crippen LogP contribution in [-0.2, 0) is 0 Å². The number of benzene rings is 1. The van der Waals surface area contributed by atoms with E-state index in [0.29, 0.717) is 34.6 Å². The highest BCUT2D eigenvalue weighted by Gasteiger charge is 2.18. The first-order chi connectivity index (χ1) is 12.7. The summed E-state index contributed by atoms with van der Waals surface area (Å²) in [4.78, 5) is 0.714. The molecule has 0 bridgehead atoms. The molecule has 0 saturated heterocycles. The Morgan fingerprint density at radius 2 is 1.38 bits per heavy atom. The molecule has 0 aliphatic rings. The maximum atomic E-state index is 8.93. The minimum absolute atomic E-state index is 0.529. The molecule has 0 spiro atoms. The minimum Gasteiger partial charge on any atom is -0.492 e. The largest absolute Gasteiger partial charge is 0.492 e. The molecule has 0 amide bonds. The zero-order valence-corrected chi connectivity index (χ0v) is 17.7. The normalized spacial score (nSPS) is 10.5. The molecule has 0 atom stereocenters. The first-order valence-electron chi connectivity index (χ1n) is 9.83. The number of halogens is 1. The van der Waals surface area contributed by atoms with E-state index in [2.05, 4.69) is 18.2 Å². The standard InChI is InChI=1S/C20H32ClN2O2S/c1-3-5-7-9-11-13-24-18-16-20(26-23-22)19(15-17(18)21)25-14-12-10-8-6-4-2/h15-16H,3-14H2,1-2H3/q+1. The molecule has 1 aromatic rings. The molecule has 4 nitrogen and oxygen atoms in total. The Balaban J connectivity index is 2.52. The fraction of sp³-hybridized carbons (Fsp3) is 0.700. The number of rotatable bonds is 15. The van der Waals surface area contributed by atoms with Crippen LogP contribution in [0.4, 0.5) is 0 Å². The Kier molecular flexibility index (Phi) is 13.2. The minimum atomic E-state index is 0.529. The monoisotopic (exact) mass is 399 g/mol. The van der Waals surface area contributed by atoms with Crippen LogP contribution < -0.4 is 9.47 Å². The molecular weight excluding hydrogens is 368 g/mol. The van der Waals surface area contributed by atoms with E-state index in [9.17, 15) is 0 Å². The fourth-order valence-corrected chi connectivity index (χ4v) is 3.29. The molecule has 0 aromatic heterocycles. The second kappa shape index (κ2) is 15.0. The van der Waals surface area contributed by atoms with Crippen LogP contribution in [0.25, 0.3) is 4.38 Å². The molecule has 0 radical (unpaired) electrons. The topological polar surface area (TPSA) is 46.6 Å². The predicted octanol–water partition coefficient (Wildman–Crippen LogP) is 7.90. The summed E-state index contributed by atoms with van der Waals surface area (Å²) in [7, 11) is 0. The fourth-order valence-electron chi connectivity index (χ4n) is 2.63. The van der Waals surface area contributed by atoms with Crippen molar-refractivity contribution < 1.29 is 9.47 Å². The molecule has 0 saturated carbocycles. The van der Waals surface area contributed by atoms with Crippen LogP contribution in [0.3, 0.4) is 0 Å². The number of unbranched alkanes of at least 4 members (excludes halogenated alkanes) is 8. The van der Waals surface area contributed by atoms with E-state index in [1.54, 1.807) is 12.1 Å². The molecule has 1 rings (SSSR count). The van der Waals surface area contributed by atoms with E-state index in [0.717, 1.165) is 37.6 Å². The van der Waals surface area contributed by atoms with Gasteiger partial charge in [-0.2, -0.15) is 0 Å². The number of diazo groups is 1. The van der Waals surface area contributed by atoms with Crippen molar-refractivity contribution in [2.45, 2.75) is 83.0 Å². The summed E-state index contributed by atoms with van der Waals surface area (Å²) in [5.74, 6) is 1.26. The van der Waals surface area contributed by atoms with Crippen LogP contribution in [-0.4, -0.2) is 13.2 Å². The van der Waals surface area contributed by atoms with Crippen molar-refractivity contribution in [2.75, 3.05) is 13.2 Å². The van der Waals surface area contributed by atoms with Gasteiger partial charge >= 0.3 is 11.9 Å². The maximum Gasteiger partial charge on any atom is 0.400 e. The van der Waals surface area contributed by atoms with Gasteiger partial charge in [-0.05, 0) is 12.8 Å². The lowest BCUT2D eigenvalue weighted by Gasteiger charge is -2.12. The van der Waals surface area contributed by atoms with Crippen LogP contribution in [0.2, 0.25) is 5.02 Å². The summed E-state index contributed by atoms with van der Waals surface area (Å²) in [5, 5.41) is 9.46. The molecule has 0 aliphatic heterocycles. The average Bonchev–Trinajstić information content (AvgIpc) is 2.64. The zero-order valence-electron chi connectivity index (χ0n) is 16.1. The van der Waals surface area contributed by atoms with Crippen LogP contribution in [0.15, 0.2) is 17.0 Å². The molecule has 1 aromatic carbocycles. The molecular formula is C20H32ClN2O2S+. The smallest absolute Gasteiger partial charge is 0.400 e. The van der Waals surface area contributed by atoms with Crippen LogP contribution in [0.1, 0.15) is 78.1 Å². The van der Waals surface area contributed by atoms with Gasteiger partial charge in [0.1, 0.15) is 16.4 Å². The van der Waals surface area contributed by atoms with Gasteiger partial charge < -0.3 is 9.47 Å². The van der Waals surface area contributed by atoms with E-state index in [1.807, 2.05) is 0 Å². The number of nitrogens with zero attached hydrogens (tertiary/aromatic N) is 2. The van der Waals surface area contributed by atoms with E-state index in [4.69, 9.17) is 26.5 Å². The van der Waals surface area contributed by atoms with Gasteiger partial charge in [0, 0.05) is 12.1 Å². The molecule has 0 N–H and O–H groups in total. The van der Waals surface area contributed by atoms with Gasteiger partial charge in [-0.3, -0.25) is 0 Å². The highest BCUT2D eigenvalue weighted by Crippen LogP contribution is 2.39. The van der Waals surface area contributed by atoms with E-state index >= 15 is 0 Å². The third-order valence-corrected chi connectivity index (χ3v) is 5.04. The van der Waals surface area contributed by atoms with Crippen LogP contribution in [0, 0.1) is 5.39 Å². The van der Waals surface area contributed by atoms with E-state index in [-0.39, 0.29) is 0 Å². The van der Waals surface area contributed by atoms with Gasteiger partial charge in [0.25, 0.3) is 0 Å². The summed E-state index contributed by atoms with van der Waals surface area (Å²) in [6, 6.07) is 3.55. The number of ether oxygens (including phenoxy) is 2. The zero-order chi connectivity index (χ0) is 19.0. The molecule has 6 heteroatoms. The van der Waals surface area contributed by atoms with E-state index in [1.165, 1.54) is 38.5 Å². The Hall–Kier alpha value is -1.12. The number of hydrogen-bond donors (Lipinski definition) is 0. The molecule has 0 fully saturated rings. The van der Waals surface area contributed by atoms with Gasteiger partial charge in [0.15, 0.2) is 0 Å². The second-order valence-electron chi connectivity index (χ2n) is 6.43. The second-order valence-corrected chi connectivity index (χ2v) is 7.62. The van der Waals surface area contributed by atoms with Crippen LogP contribution >= 0.6 is 23.5 Å². The first-order valence-corrected chi connectivity index (χ1v) is 11.0. The molecule has 0 unspecified atom stereocenters. The maximum absolute atomic E-state index is 8.93. The van der Waals surface area contributed by atoms with Gasteiger partial charge in [-0.1, -0.05) is 76.8 Å². The van der Waals surface area contributed by atoms with Crippen molar-refractivity contribution in [3.63, 3.8) is 0 Å². The average molecular weight is 400 g/mol. The highest BCUT2D eigenvalue weighted by atomic mass is 35.5. The van der Waals surface area contributed by atoms with Crippen molar-refractivity contribution in [1.29, 1.82) is 5.39 Å². The quantitative estimate of drug-likeness (QED) is 0.171. The lowest BCUT2D eigenvalue weighted by atomic mass is 10.2. The summed E-state index contributed by atoms with van der Waals surface area (Å²) < 4.78 is 14.8. The number of hydrogen-bond acceptors (Lipinski definition) is 4. The Bertz CT molecular complexity index is 549. The molecule has 26 heavy (non-hydrogen) atoms. The van der Waals surface area contributed by atoms with Gasteiger partial charge in [0.05, 0.1) is 18.2 Å². The van der Waals surface area contributed by atoms with Gasteiger partial charge in [-0.15, -0.1) is 0 Å². The van der Waals surface area contributed by atoms with Gasteiger partial charge in [0.2, 0.25) is 9.77 Å². The lowest BCUT2D eigenvalue weighted by Crippen LogP contribution is -2.01. The third kappa shape index (κ3) is 9.54. The van der Waals surface area contributed by atoms with Gasteiger partial charge in [-0.25, -0.2) is 0 Å². The van der Waals surface area contributed by atoms with Crippen molar-refractivity contribution >= 4 is 23.5 Å². The van der Waals surface area contributed by atoms with Crippen molar-refractivity contribution in [3.8, 4) is 11.5 Å². The predicted molar refractivity (Wildman–Crippen MR) is 111 cm³/mol. The summed E-state index contributed by atoms with van der Waals surface area (Å²) in [6.07, 6.45) is 11.8. The summed E-state index contributed by atoms with van der Waals surface area (Å²) in [6.45, 7) is 5.68. The third-order valence-electron chi connectivity index (χ3n) is 4.15. The first kappa shape index (κ1) is 22.9. The Morgan fingerprint density at radius 1 is 0.846 bits per heavy atom. The summed E-state index contributed by atoms with van der Waals surface area (Å²) >= 11 is 7.30. The molecule has 0 heterocycles. The SMILES string of the molecule is CCCCCCCOc1cc(S[N+]#N)c(OCCCCCCC)cc1Cl. The van der Waals surface area contributed by atoms with Crippen LogP contribution in [0.5, 0.6) is 11.5 Å². The van der Waals surface area contributed by atoms with E-state index < -0.39 is 0 Å². The Morgan fingerprint density at radius 3 is 1.92 bits per heavy atom. The van der Waals surface area contributed by atoms with Crippen molar-refractivity contribution in [3.05, 3.63) is 21.5 Å². The summed E-state index contributed by atoms with van der Waals surface area (Å²) in [5.41, 5.74) is 0. The Labute approximate surface area is 167 Å². The van der Waals surface area contributed by atoms with Crippen molar-refractivity contribution in [2.24, 2.45) is 0 Å². The van der Waals surface area contributed by atoms with Crippen molar-refractivity contribution in [1.82, 2.24) is 0 Å². The molecule has 146 valence electrons. The molecule has 0 aliphatic carbocycles. The lowest BCUT2D eigenvalue weighted by molar-refractivity contribution is 0.290.